The molecule has 3 unspecified atom stereocenters. The molecule has 0 radical (unpaired) electrons. The van der Waals surface area contributed by atoms with Gasteiger partial charge in [-0.25, -0.2) is 0 Å². The summed E-state index contributed by atoms with van der Waals surface area (Å²) in [6.07, 6.45) is 6.67. The third-order valence-corrected chi connectivity index (χ3v) is 4.76. The van der Waals surface area contributed by atoms with E-state index in [-0.39, 0.29) is 23.5 Å². The van der Waals surface area contributed by atoms with E-state index in [2.05, 4.69) is 6.92 Å². The van der Waals surface area contributed by atoms with Gasteiger partial charge in [-0.1, -0.05) is 0 Å². The normalized spacial score (nSPS) is 40.2. The highest BCUT2D eigenvalue weighted by molar-refractivity contribution is 5.84. The predicted octanol–water partition coefficient (Wildman–Crippen LogP) is 2.33. The lowest BCUT2D eigenvalue weighted by molar-refractivity contribution is -0.157. The molecule has 0 aromatic heterocycles. The molecule has 17 heavy (non-hydrogen) atoms. The molecule has 2 saturated heterocycles. The lowest BCUT2D eigenvalue weighted by Crippen LogP contribution is -2.47. The Balaban J connectivity index is 1.61. The fraction of sp³-hybridized carbons (Fsp3) is 0.929. The monoisotopic (exact) mass is 238 g/mol. The highest BCUT2D eigenvalue weighted by Crippen LogP contribution is 2.45. The molecule has 1 spiro atoms. The van der Waals surface area contributed by atoms with Crippen LogP contribution in [0.15, 0.2) is 0 Å². The van der Waals surface area contributed by atoms with Crippen molar-refractivity contribution in [1.29, 1.82) is 0 Å². The number of ether oxygens (including phenoxy) is 2. The quantitative estimate of drug-likeness (QED) is 0.740. The third kappa shape index (κ3) is 2.15. The molecule has 1 saturated carbocycles. The largest absolute Gasteiger partial charge is 0.378 e. The molecular weight excluding hydrogens is 216 g/mol. The smallest absolute Gasteiger partial charge is 0.141 e. The second-order valence-corrected chi connectivity index (χ2v) is 6.05. The summed E-state index contributed by atoms with van der Waals surface area (Å²) in [4.78, 5) is 12.4. The Morgan fingerprint density at radius 1 is 1.29 bits per heavy atom. The molecule has 3 nitrogen and oxygen atoms in total. The van der Waals surface area contributed by atoms with Crippen LogP contribution in [0.25, 0.3) is 0 Å². The van der Waals surface area contributed by atoms with Crippen LogP contribution < -0.4 is 0 Å². The van der Waals surface area contributed by atoms with E-state index in [1.54, 1.807) is 0 Å². The van der Waals surface area contributed by atoms with E-state index in [4.69, 9.17) is 9.47 Å². The minimum Gasteiger partial charge on any atom is -0.378 e. The van der Waals surface area contributed by atoms with Gasteiger partial charge in [-0.2, -0.15) is 0 Å². The average molecular weight is 238 g/mol. The number of carbonyl (C=O) groups excluding carboxylic acids is 1. The second kappa shape index (κ2) is 4.36. The van der Waals surface area contributed by atoms with Crippen molar-refractivity contribution in [3.8, 4) is 0 Å². The molecule has 3 rings (SSSR count). The van der Waals surface area contributed by atoms with Crippen LogP contribution in [0, 0.1) is 11.8 Å². The molecule has 96 valence electrons. The Morgan fingerprint density at radius 3 is 2.71 bits per heavy atom. The molecule has 0 aromatic carbocycles. The van der Waals surface area contributed by atoms with Crippen molar-refractivity contribution in [3.05, 3.63) is 0 Å². The predicted molar refractivity (Wildman–Crippen MR) is 63.8 cm³/mol. The van der Waals surface area contributed by atoms with E-state index in [9.17, 15) is 4.79 Å². The topological polar surface area (TPSA) is 35.5 Å². The summed E-state index contributed by atoms with van der Waals surface area (Å²) in [5, 5.41) is 0. The molecule has 0 bridgehead atoms. The van der Waals surface area contributed by atoms with E-state index in [0.29, 0.717) is 12.4 Å². The molecule has 0 amide bonds. The minimum atomic E-state index is 0.0870. The SMILES string of the molecule is CC1CC(C(=O)C2CCOC3(CCC3)C2)CO1. The lowest BCUT2D eigenvalue weighted by atomic mass is 9.70. The summed E-state index contributed by atoms with van der Waals surface area (Å²) in [7, 11) is 0. The van der Waals surface area contributed by atoms with Crippen LogP contribution in [-0.2, 0) is 14.3 Å². The first-order valence-corrected chi connectivity index (χ1v) is 6.98. The van der Waals surface area contributed by atoms with E-state index >= 15 is 0 Å². The van der Waals surface area contributed by atoms with Gasteiger partial charge in [-0.05, 0) is 45.4 Å². The van der Waals surface area contributed by atoms with Gasteiger partial charge < -0.3 is 9.47 Å². The molecule has 3 fully saturated rings. The minimum absolute atomic E-state index is 0.0870. The van der Waals surface area contributed by atoms with Gasteiger partial charge in [-0.3, -0.25) is 4.79 Å². The number of ketones is 1. The maximum atomic E-state index is 12.4. The first-order chi connectivity index (χ1) is 8.19. The Bertz CT molecular complexity index is 309. The Kier molecular flexibility index (Phi) is 2.99. The van der Waals surface area contributed by atoms with Crippen LogP contribution >= 0.6 is 0 Å². The van der Waals surface area contributed by atoms with Gasteiger partial charge in [0.1, 0.15) is 5.78 Å². The lowest BCUT2D eigenvalue weighted by Gasteiger charge is -2.47. The molecular formula is C14H22O3. The second-order valence-electron chi connectivity index (χ2n) is 6.05. The molecule has 3 heteroatoms. The summed E-state index contributed by atoms with van der Waals surface area (Å²) < 4.78 is 11.4. The van der Waals surface area contributed by atoms with Crippen LogP contribution in [0.4, 0.5) is 0 Å². The first kappa shape index (κ1) is 11.7. The standard InChI is InChI=1S/C14H22O3/c1-10-7-12(9-16-10)13(15)11-3-6-17-14(8-11)4-2-5-14/h10-12H,2-9H2,1H3. The van der Waals surface area contributed by atoms with Crippen LogP contribution in [0.5, 0.6) is 0 Å². The molecule has 2 heterocycles. The number of hydrogen-bond acceptors (Lipinski definition) is 3. The summed E-state index contributed by atoms with van der Waals surface area (Å²) in [5.41, 5.74) is 0.0870. The van der Waals surface area contributed by atoms with Gasteiger partial charge in [0.2, 0.25) is 0 Å². The van der Waals surface area contributed by atoms with Crippen molar-refractivity contribution in [2.75, 3.05) is 13.2 Å². The Hall–Kier alpha value is -0.410. The molecule has 3 atom stereocenters. The molecule has 3 aliphatic rings. The average Bonchev–Trinajstić information content (AvgIpc) is 2.73. The summed E-state index contributed by atoms with van der Waals surface area (Å²) >= 11 is 0. The van der Waals surface area contributed by atoms with Gasteiger partial charge in [-0.15, -0.1) is 0 Å². The maximum absolute atomic E-state index is 12.4. The maximum Gasteiger partial charge on any atom is 0.141 e. The summed E-state index contributed by atoms with van der Waals surface area (Å²) in [5.74, 6) is 0.845. The van der Waals surface area contributed by atoms with Crippen LogP contribution in [0.2, 0.25) is 0 Å². The van der Waals surface area contributed by atoms with Gasteiger partial charge in [0.25, 0.3) is 0 Å². The van der Waals surface area contributed by atoms with E-state index in [1.165, 1.54) is 6.42 Å². The van der Waals surface area contributed by atoms with Crippen LogP contribution in [-0.4, -0.2) is 30.7 Å². The highest BCUT2D eigenvalue weighted by Gasteiger charge is 2.45. The van der Waals surface area contributed by atoms with Crippen molar-refractivity contribution in [2.45, 2.75) is 57.2 Å². The van der Waals surface area contributed by atoms with Gasteiger partial charge in [0.15, 0.2) is 0 Å². The fourth-order valence-electron chi connectivity index (χ4n) is 3.54. The number of Topliss-reactive ketones (excluding diaryl/α,β-unsaturated/α-hetero) is 1. The van der Waals surface area contributed by atoms with Gasteiger partial charge in [0, 0.05) is 18.4 Å². The Labute approximate surface area is 103 Å². The van der Waals surface area contributed by atoms with E-state index < -0.39 is 0 Å². The highest BCUT2D eigenvalue weighted by atomic mass is 16.5. The number of carbonyl (C=O) groups is 1. The van der Waals surface area contributed by atoms with Crippen molar-refractivity contribution >= 4 is 5.78 Å². The molecule has 0 N–H and O–H groups in total. The van der Waals surface area contributed by atoms with Crippen molar-refractivity contribution in [2.24, 2.45) is 11.8 Å². The zero-order chi connectivity index (χ0) is 11.9. The molecule has 0 aromatic rings. The van der Waals surface area contributed by atoms with E-state index in [1.807, 2.05) is 0 Å². The van der Waals surface area contributed by atoms with Crippen molar-refractivity contribution in [3.63, 3.8) is 0 Å². The molecule has 2 aliphatic heterocycles. The summed E-state index contributed by atoms with van der Waals surface area (Å²) in [6.45, 7) is 3.48. The first-order valence-electron chi connectivity index (χ1n) is 6.98. The van der Waals surface area contributed by atoms with Crippen molar-refractivity contribution < 1.29 is 14.3 Å². The van der Waals surface area contributed by atoms with Crippen LogP contribution in [0.1, 0.15) is 45.4 Å². The van der Waals surface area contributed by atoms with Gasteiger partial charge >= 0.3 is 0 Å². The fourth-order valence-corrected chi connectivity index (χ4v) is 3.54. The number of hydrogen-bond donors (Lipinski definition) is 0. The Morgan fingerprint density at radius 2 is 2.12 bits per heavy atom. The van der Waals surface area contributed by atoms with E-state index in [0.717, 1.165) is 38.7 Å². The zero-order valence-corrected chi connectivity index (χ0v) is 10.6. The third-order valence-electron chi connectivity index (χ3n) is 4.76. The zero-order valence-electron chi connectivity index (χ0n) is 10.6. The van der Waals surface area contributed by atoms with Crippen molar-refractivity contribution in [1.82, 2.24) is 0 Å². The van der Waals surface area contributed by atoms with Gasteiger partial charge in [0.05, 0.1) is 18.3 Å². The molecule has 1 aliphatic carbocycles. The van der Waals surface area contributed by atoms with Crippen LogP contribution in [0.3, 0.4) is 0 Å². The number of rotatable bonds is 2. The summed E-state index contributed by atoms with van der Waals surface area (Å²) in [6, 6.07) is 0.